The van der Waals surface area contributed by atoms with Gasteiger partial charge in [0, 0.05) is 6.54 Å². The number of hydrogen-bond acceptors (Lipinski definition) is 2. The van der Waals surface area contributed by atoms with Gasteiger partial charge in [0.2, 0.25) is 5.91 Å². The number of nitrogens with one attached hydrogen (secondary N) is 3. The van der Waals surface area contributed by atoms with Gasteiger partial charge in [-0.25, -0.2) is 4.79 Å². The van der Waals surface area contributed by atoms with Crippen LogP contribution in [0.1, 0.15) is 29.2 Å². The smallest absolute Gasteiger partial charge is 0.315 e. The maximum absolute atomic E-state index is 12.1. The molecule has 1 aromatic rings. The summed E-state index contributed by atoms with van der Waals surface area (Å²) in [5, 5.41) is 8.21. The number of rotatable bonds is 2. The van der Waals surface area contributed by atoms with E-state index in [0.717, 1.165) is 12.8 Å². The van der Waals surface area contributed by atoms with Crippen LogP contribution in [0, 0.1) is 6.92 Å². The highest BCUT2D eigenvalue weighted by Gasteiger charge is 2.30. The van der Waals surface area contributed by atoms with Gasteiger partial charge < -0.3 is 16.0 Å². The fourth-order valence-corrected chi connectivity index (χ4v) is 2.78. The van der Waals surface area contributed by atoms with E-state index in [1.807, 2.05) is 0 Å². The molecule has 19 heavy (non-hydrogen) atoms. The van der Waals surface area contributed by atoms with E-state index < -0.39 is 6.04 Å². The van der Waals surface area contributed by atoms with E-state index in [4.69, 9.17) is 0 Å². The van der Waals surface area contributed by atoms with Crippen LogP contribution in [-0.2, 0) is 11.2 Å². The lowest BCUT2D eigenvalue weighted by atomic mass is 10.1. The highest BCUT2D eigenvalue weighted by atomic mass is 16.2. The van der Waals surface area contributed by atoms with E-state index in [1.54, 1.807) is 0 Å². The van der Waals surface area contributed by atoms with Crippen molar-refractivity contribution in [3.63, 3.8) is 0 Å². The van der Waals surface area contributed by atoms with Crippen LogP contribution < -0.4 is 16.0 Å². The zero-order chi connectivity index (χ0) is 13.4. The maximum atomic E-state index is 12.1. The van der Waals surface area contributed by atoms with E-state index in [1.165, 1.54) is 16.7 Å². The lowest BCUT2D eigenvalue weighted by molar-refractivity contribution is -0.123. The Bertz CT molecular complexity index is 541. The van der Waals surface area contributed by atoms with Crippen LogP contribution in [0.2, 0.25) is 0 Å². The molecule has 100 valence electrons. The van der Waals surface area contributed by atoms with Gasteiger partial charge in [-0.3, -0.25) is 4.79 Å². The second kappa shape index (κ2) is 4.57. The number of hydrogen-bond donors (Lipinski definition) is 3. The molecule has 0 radical (unpaired) electrons. The highest BCUT2D eigenvalue weighted by molar-refractivity contribution is 5.90. The van der Waals surface area contributed by atoms with Crippen molar-refractivity contribution in [3.05, 3.63) is 34.9 Å². The monoisotopic (exact) mass is 259 g/mol. The van der Waals surface area contributed by atoms with E-state index in [0.29, 0.717) is 6.54 Å². The van der Waals surface area contributed by atoms with Gasteiger partial charge in [-0.1, -0.05) is 23.8 Å². The van der Waals surface area contributed by atoms with Crippen molar-refractivity contribution in [2.24, 2.45) is 0 Å². The zero-order valence-corrected chi connectivity index (χ0v) is 10.8. The van der Waals surface area contributed by atoms with Gasteiger partial charge >= 0.3 is 6.03 Å². The van der Waals surface area contributed by atoms with Crippen molar-refractivity contribution in [1.82, 2.24) is 16.0 Å². The second-order valence-electron chi connectivity index (χ2n) is 5.21. The number of aryl methyl sites for hydroxylation is 2. The molecule has 2 atom stereocenters. The van der Waals surface area contributed by atoms with Crippen molar-refractivity contribution in [3.8, 4) is 0 Å². The van der Waals surface area contributed by atoms with Crippen LogP contribution in [0.5, 0.6) is 0 Å². The normalized spacial score (nSPS) is 24.6. The Morgan fingerprint density at radius 1 is 1.42 bits per heavy atom. The summed E-state index contributed by atoms with van der Waals surface area (Å²) in [6.45, 7) is 2.43. The molecule has 0 bridgehead atoms. The average molecular weight is 259 g/mol. The molecule has 0 unspecified atom stereocenters. The second-order valence-corrected chi connectivity index (χ2v) is 5.21. The Morgan fingerprint density at radius 2 is 2.26 bits per heavy atom. The minimum Gasteiger partial charge on any atom is -0.347 e. The van der Waals surface area contributed by atoms with Crippen LogP contribution in [0.3, 0.4) is 0 Å². The summed E-state index contributed by atoms with van der Waals surface area (Å²) >= 11 is 0. The van der Waals surface area contributed by atoms with Crippen LogP contribution in [-0.4, -0.2) is 24.5 Å². The average Bonchev–Trinajstić information content (AvgIpc) is 2.96. The first-order valence-electron chi connectivity index (χ1n) is 6.57. The van der Waals surface area contributed by atoms with Gasteiger partial charge in [-0.15, -0.1) is 0 Å². The predicted octanol–water partition coefficient (Wildman–Crippen LogP) is 0.780. The molecule has 2 aliphatic rings. The SMILES string of the molecule is Cc1ccc2c(c1)CC[C@H]2NC(=O)[C@H]1CNC(=O)N1. The summed E-state index contributed by atoms with van der Waals surface area (Å²) < 4.78 is 0. The van der Waals surface area contributed by atoms with E-state index in [9.17, 15) is 9.59 Å². The molecule has 0 aromatic heterocycles. The zero-order valence-electron chi connectivity index (χ0n) is 10.8. The van der Waals surface area contributed by atoms with Crippen LogP contribution in [0.15, 0.2) is 18.2 Å². The van der Waals surface area contributed by atoms with Crippen LogP contribution >= 0.6 is 0 Å². The first-order chi connectivity index (χ1) is 9.13. The number of benzene rings is 1. The third-order valence-electron chi connectivity index (χ3n) is 3.78. The van der Waals surface area contributed by atoms with E-state index >= 15 is 0 Å². The molecule has 1 aromatic carbocycles. The minimum absolute atomic E-state index is 0.0700. The van der Waals surface area contributed by atoms with Crippen molar-refractivity contribution in [2.75, 3.05) is 6.54 Å². The van der Waals surface area contributed by atoms with Crippen molar-refractivity contribution < 1.29 is 9.59 Å². The standard InChI is InChI=1S/C14H17N3O2/c1-8-2-4-10-9(6-8)3-5-11(10)16-13(18)12-7-15-14(19)17-12/h2,4,6,11-12H,3,5,7H2,1H3,(H,16,18)(H2,15,17,19)/t11-,12-/m1/s1. The lowest BCUT2D eigenvalue weighted by Gasteiger charge is -2.17. The van der Waals surface area contributed by atoms with E-state index in [2.05, 4.69) is 41.1 Å². The summed E-state index contributed by atoms with van der Waals surface area (Å²) in [4.78, 5) is 23.1. The van der Waals surface area contributed by atoms with Crippen LogP contribution in [0.4, 0.5) is 4.79 Å². The fraction of sp³-hybridized carbons (Fsp3) is 0.429. The number of fused-ring (bicyclic) bond motifs is 1. The Labute approximate surface area is 111 Å². The van der Waals surface area contributed by atoms with Gasteiger partial charge in [-0.2, -0.15) is 0 Å². The summed E-state index contributed by atoms with van der Waals surface area (Å²) in [6.07, 6.45) is 1.93. The summed E-state index contributed by atoms with van der Waals surface area (Å²) in [7, 11) is 0. The quantitative estimate of drug-likeness (QED) is 0.734. The Morgan fingerprint density at radius 3 is 3.00 bits per heavy atom. The molecule has 1 saturated heterocycles. The van der Waals surface area contributed by atoms with Gasteiger partial charge in [0.15, 0.2) is 0 Å². The largest absolute Gasteiger partial charge is 0.347 e. The van der Waals surface area contributed by atoms with Gasteiger partial charge in [0.05, 0.1) is 6.04 Å². The Kier molecular flexibility index (Phi) is 2.89. The van der Waals surface area contributed by atoms with Crippen molar-refractivity contribution >= 4 is 11.9 Å². The third-order valence-corrected chi connectivity index (χ3v) is 3.78. The summed E-state index contributed by atoms with van der Waals surface area (Å²) in [5.74, 6) is -0.114. The molecule has 1 fully saturated rings. The molecule has 3 N–H and O–H groups in total. The summed E-state index contributed by atoms with van der Waals surface area (Å²) in [5.41, 5.74) is 3.77. The minimum atomic E-state index is -0.456. The van der Waals surface area contributed by atoms with Crippen molar-refractivity contribution in [2.45, 2.75) is 31.8 Å². The number of carbonyl (C=O) groups excluding carboxylic acids is 2. The molecule has 5 nitrogen and oxygen atoms in total. The third kappa shape index (κ3) is 2.28. The molecular formula is C14H17N3O2. The molecule has 1 aliphatic heterocycles. The molecule has 0 spiro atoms. The molecular weight excluding hydrogens is 242 g/mol. The van der Waals surface area contributed by atoms with Crippen LogP contribution in [0.25, 0.3) is 0 Å². The maximum Gasteiger partial charge on any atom is 0.315 e. The first-order valence-corrected chi connectivity index (χ1v) is 6.57. The van der Waals surface area contributed by atoms with E-state index in [-0.39, 0.29) is 18.0 Å². The van der Waals surface area contributed by atoms with Gasteiger partial charge in [0.1, 0.15) is 6.04 Å². The Hall–Kier alpha value is -2.04. The number of urea groups is 1. The lowest BCUT2D eigenvalue weighted by Crippen LogP contribution is -2.43. The molecule has 3 amide bonds. The summed E-state index contributed by atoms with van der Waals surface area (Å²) in [6, 6.07) is 5.68. The van der Waals surface area contributed by atoms with Crippen molar-refractivity contribution in [1.29, 1.82) is 0 Å². The highest BCUT2D eigenvalue weighted by Crippen LogP contribution is 2.31. The predicted molar refractivity (Wildman–Crippen MR) is 70.7 cm³/mol. The first kappa shape index (κ1) is 12.0. The number of carbonyl (C=O) groups is 2. The molecule has 3 rings (SSSR count). The topological polar surface area (TPSA) is 70.2 Å². The molecule has 1 heterocycles. The van der Waals surface area contributed by atoms with Gasteiger partial charge in [0.25, 0.3) is 0 Å². The molecule has 5 heteroatoms. The Balaban J connectivity index is 1.69. The molecule has 1 aliphatic carbocycles. The van der Waals surface area contributed by atoms with Gasteiger partial charge in [-0.05, 0) is 30.9 Å². The fourth-order valence-electron chi connectivity index (χ4n) is 2.78. The number of amides is 3. The molecule has 0 saturated carbocycles.